The maximum atomic E-state index is 12.5. The Morgan fingerprint density at radius 3 is 2.48 bits per heavy atom. The fraction of sp³-hybridized carbons (Fsp3) is 0.318. The molecule has 0 spiro atoms. The number of hydrogen-bond acceptors (Lipinski definition) is 3. The highest BCUT2D eigenvalue weighted by Crippen LogP contribution is 2.20. The Balaban J connectivity index is 1.59. The number of amides is 3. The van der Waals surface area contributed by atoms with Crippen LogP contribution < -0.4 is 16.0 Å². The molecule has 0 aliphatic heterocycles. The predicted molar refractivity (Wildman–Crippen MR) is 110 cm³/mol. The number of urea groups is 1. The van der Waals surface area contributed by atoms with E-state index in [4.69, 9.17) is 5.11 Å². The second-order valence-corrected chi connectivity index (χ2v) is 7.25. The third kappa shape index (κ3) is 6.95. The van der Waals surface area contributed by atoms with Gasteiger partial charge in [-0.2, -0.15) is 0 Å². The number of carbonyl (C=O) groups is 3. The Morgan fingerprint density at radius 1 is 1.03 bits per heavy atom. The summed E-state index contributed by atoms with van der Waals surface area (Å²) >= 11 is 0. The van der Waals surface area contributed by atoms with Gasteiger partial charge in [0.15, 0.2) is 0 Å². The molecule has 1 atom stereocenters. The lowest BCUT2D eigenvalue weighted by molar-refractivity contribution is -0.137. The third-order valence-electron chi connectivity index (χ3n) is 4.66. The number of rotatable bonds is 9. The van der Waals surface area contributed by atoms with Crippen LogP contribution in [0.25, 0.3) is 0 Å². The van der Waals surface area contributed by atoms with Crippen molar-refractivity contribution in [3.8, 4) is 0 Å². The molecule has 0 saturated heterocycles. The minimum atomic E-state index is -0.903. The van der Waals surface area contributed by atoms with Gasteiger partial charge in [-0.25, -0.2) is 4.79 Å². The van der Waals surface area contributed by atoms with Crippen molar-refractivity contribution in [3.05, 3.63) is 65.7 Å². The maximum Gasteiger partial charge on any atom is 0.319 e. The van der Waals surface area contributed by atoms with Gasteiger partial charge in [0.2, 0.25) is 0 Å². The van der Waals surface area contributed by atoms with Crippen molar-refractivity contribution in [2.75, 3.05) is 5.32 Å². The van der Waals surface area contributed by atoms with E-state index in [2.05, 4.69) is 16.0 Å². The molecule has 3 rings (SSSR count). The predicted octanol–water partition coefficient (Wildman–Crippen LogP) is 3.18. The zero-order chi connectivity index (χ0) is 20.6. The summed E-state index contributed by atoms with van der Waals surface area (Å²) in [5.74, 6) is -1.06. The van der Waals surface area contributed by atoms with Gasteiger partial charge in [-0.15, -0.1) is 0 Å². The molecule has 2 aromatic carbocycles. The van der Waals surface area contributed by atoms with Crippen molar-refractivity contribution in [1.29, 1.82) is 0 Å². The lowest BCUT2D eigenvalue weighted by atomic mass is 10.0. The highest BCUT2D eigenvalue weighted by Gasteiger charge is 2.24. The highest BCUT2D eigenvalue weighted by atomic mass is 16.4. The van der Waals surface area contributed by atoms with Gasteiger partial charge in [0, 0.05) is 29.8 Å². The number of carboxylic acid groups (broad SMARTS) is 1. The van der Waals surface area contributed by atoms with E-state index >= 15 is 0 Å². The average Bonchev–Trinajstić information content (AvgIpc) is 3.51. The minimum Gasteiger partial charge on any atom is -0.481 e. The van der Waals surface area contributed by atoms with Crippen LogP contribution in [-0.4, -0.2) is 35.1 Å². The van der Waals surface area contributed by atoms with E-state index in [1.807, 2.05) is 30.3 Å². The van der Waals surface area contributed by atoms with E-state index in [1.165, 1.54) is 0 Å². The number of benzene rings is 2. The maximum absolute atomic E-state index is 12.5. The first-order chi connectivity index (χ1) is 14.0. The molecule has 29 heavy (non-hydrogen) atoms. The zero-order valence-corrected chi connectivity index (χ0v) is 16.1. The molecule has 0 aromatic heterocycles. The Hall–Kier alpha value is -3.35. The van der Waals surface area contributed by atoms with Gasteiger partial charge in [0.25, 0.3) is 5.91 Å². The number of hydrogen-bond donors (Lipinski definition) is 4. The molecule has 7 nitrogen and oxygen atoms in total. The molecule has 3 amide bonds. The molecule has 1 aliphatic rings. The molecular formula is C22H25N3O4. The molecule has 7 heteroatoms. The number of aliphatic carboxylic acids is 1. The summed E-state index contributed by atoms with van der Waals surface area (Å²) in [6, 6.07) is 15.8. The van der Waals surface area contributed by atoms with Crippen LogP contribution in [0, 0.1) is 0 Å². The Kier molecular flexibility index (Phi) is 6.84. The quantitative estimate of drug-likeness (QED) is 0.523. The summed E-state index contributed by atoms with van der Waals surface area (Å²) in [5, 5.41) is 17.5. The topological polar surface area (TPSA) is 108 Å². The first-order valence-electron chi connectivity index (χ1n) is 9.74. The largest absolute Gasteiger partial charge is 0.481 e. The second-order valence-electron chi connectivity index (χ2n) is 7.25. The standard InChI is InChI=1S/C22H25N3O4/c26-20(27)12-11-19(13-15-5-2-1-3-6-15)25-22(29)24-18-8-4-7-16(14-18)21(28)23-17-9-10-17/h1-8,14,17,19H,9-13H2,(H,23,28)(H,26,27)(H2,24,25,29). The van der Waals surface area contributed by atoms with E-state index in [1.54, 1.807) is 24.3 Å². The molecule has 2 aromatic rings. The van der Waals surface area contributed by atoms with Crippen LogP contribution >= 0.6 is 0 Å². The minimum absolute atomic E-state index is 0.0331. The first kappa shape index (κ1) is 20.4. The zero-order valence-electron chi connectivity index (χ0n) is 16.1. The number of carbonyl (C=O) groups excluding carboxylic acids is 2. The fourth-order valence-electron chi connectivity index (χ4n) is 3.01. The van der Waals surface area contributed by atoms with Gasteiger partial charge in [-0.05, 0) is 49.4 Å². The monoisotopic (exact) mass is 395 g/mol. The lowest BCUT2D eigenvalue weighted by Crippen LogP contribution is -2.39. The average molecular weight is 395 g/mol. The molecule has 1 aliphatic carbocycles. The number of nitrogens with one attached hydrogen (secondary N) is 3. The van der Waals surface area contributed by atoms with Crippen LogP contribution in [0.1, 0.15) is 41.6 Å². The molecule has 4 N–H and O–H groups in total. The van der Waals surface area contributed by atoms with E-state index in [0.717, 1.165) is 18.4 Å². The Labute approximate surface area is 169 Å². The van der Waals surface area contributed by atoms with Gasteiger partial charge in [0.1, 0.15) is 0 Å². The van der Waals surface area contributed by atoms with E-state index < -0.39 is 12.0 Å². The van der Waals surface area contributed by atoms with E-state index in [9.17, 15) is 14.4 Å². The summed E-state index contributed by atoms with van der Waals surface area (Å²) in [6.07, 6.45) is 2.83. The van der Waals surface area contributed by atoms with Crippen molar-refractivity contribution in [3.63, 3.8) is 0 Å². The smallest absolute Gasteiger partial charge is 0.319 e. The molecule has 1 saturated carbocycles. The van der Waals surface area contributed by atoms with Gasteiger partial charge in [-0.1, -0.05) is 36.4 Å². The lowest BCUT2D eigenvalue weighted by Gasteiger charge is -2.19. The van der Waals surface area contributed by atoms with Crippen LogP contribution in [0.3, 0.4) is 0 Å². The van der Waals surface area contributed by atoms with Crippen molar-refractivity contribution >= 4 is 23.6 Å². The van der Waals surface area contributed by atoms with Crippen molar-refractivity contribution < 1.29 is 19.5 Å². The molecule has 1 unspecified atom stereocenters. The summed E-state index contributed by atoms with van der Waals surface area (Å²) in [4.78, 5) is 35.6. The summed E-state index contributed by atoms with van der Waals surface area (Å²) in [6.45, 7) is 0. The van der Waals surface area contributed by atoms with Crippen LogP contribution in [0.5, 0.6) is 0 Å². The Morgan fingerprint density at radius 2 is 1.79 bits per heavy atom. The SMILES string of the molecule is O=C(O)CCC(Cc1ccccc1)NC(=O)Nc1cccc(C(=O)NC2CC2)c1. The summed E-state index contributed by atoms with van der Waals surface area (Å²) < 4.78 is 0. The van der Waals surface area contributed by atoms with Gasteiger partial charge in [0.05, 0.1) is 0 Å². The molecular weight excluding hydrogens is 370 g/mol. The molecule has 0 heterocycles. The van der Waals surface area contributed by atoms with Gasteiger partial charge in [-0.3, -0.25) is 9.59 Å². The van der Waals surface area contributed by atoms with Crippen LogP contribution in [0.4, 0.5) is 10.5 Å². The highest BCUT2D eigenvalue weighted by molar-refractivity contribution is 5.97. The molecule has 1 fully saturated rings. The third-order valence-corrected chi connectivity index (χ3v) is 4.66. The van der Waals surface area contributed by atoms with Crippen molar-refractivity contribution in [1.82, 2.24) is 10.6 Å². The van der Waals surface area contributed by atoms with E-state index in [-0.39, 0.29) is 24.4 Å². The van der Waals surface area contributed by atoms with Crippen LogP contribution in [0.15, 0.2) is 54.6 Å². The molecule has 0 radical (unpaired) electrons. The summed E-state index contributed by atoms with van der Waals surface area (Å²) in [7, 11) is 0. The van der Waals surface area contributed by atoms with Gasteiger partial charge < -0.3 is 21.1 Å². The number of carboxylic acids is 1. The summed E-state index contributed by atoms with van der Waals surface area (Å²) in [5.41, 5.74) is 2.01. The molecule has 152 valence electrons. The van der Waals surface area contributed by atoms with Crippen LogP contribution in [-0.2, 0) is 11.2 Å². The van der Waals surface area contributed by atoms with Gasteiger partial charge >= 0.3 is 12.0 Å². The fourth-order valence-corrected chi connectivity index (χ4v) is 3.01. The first-order valence-corrected chi connectivity index (χ1v) is 9.74. The van der Waals surface area contributed by atoms with Crippen molar-refractivity contribution in [2.45, 2.75) is 44.2 Å². The molecule has 0 bridgehead atoms. The number of anilines is 1. The normalized spacial score (nSPS) is 13.9. The van der Waals surface area contributed by atoms with E-state index in [0.29, 0.717) is 24.1 Å². The second kappa shape index (κ2) is 9.73. The Bertz CT molecular complexity index is 865. The van der Waals surface area contributed by atoms with Crippen molar-refractivity contribution in [2.24, 2.45) is 0 Å². The van der Waals surface area contributed by atoms with Crippen LogP contribution in [0.2, 0.25) is 0 Å².